The van der Waals surface area contributed by atoms with Gasteiger partial charge in [-0.1, -0.05) is 6.07 Å². The number of hydrogen-bond donors (Lipinski definition) is 0. The van der Waals surface area contributed by atoms with Gasteiger partial charge in [-0.05, 0) is 29.0 Å². The lowest BCUT2D eigenvalue weighted by Crippen LogP contribution is -2.07. The summed E-state index contributed by atoms with van der Waals surface area (Å²) in [5.74, 6) is 0. The fourth-order valence-electron chi connectivity index (χ4n) is 1.40. The number of rotatable bonds is 0. The number of alkyl halides is 3. The van der Waals surface area contributed by atoms with Gasteiger partial charge in [0.15, 0.2) is 0 Å². The molecule has 0 saturated carbocycles. The van der Waals surface area contributed by atoms with E-state index in [1.165, 1.54) is 23.6 Å². The first kappa shape index (κ1) is 10.2. The van der Waals surface area contributed by atoms with E-state index in [4.69, 9.17) is 0 Å². The van der Waals surface area contributed by atoms with Crippen LogP contribution in [0.5, 0.6) is 0 Å². The van der Waals surface area contributed by atoms with Crippen LogP contribution >= 0.6 is 11.3 Å². The van der Waals surface area contributed by atoms with Crippen LogP contribution in [0.3, 0.4) is 0 Å². The molecule has 1 aromatic carbocycles. The normalized spacial score (nSPS) is 11.9. The van der Waals surface area contributed by atoms with Gasteiger partial charge in [-0.15, -0.1) is 11.3 Å². The summed E-state index contributed by atoms with van der Waals surface area (Å²) in [6, 6.07) is 4.96. The SMILES string of the molecule is O=c1sccc2c(C(F)(F)F)cccc12. The summed E-state index contributed by atoms with van der Waals surface area (Å²) in [6.45, 7) is 0. The highest BCUT2D eigenvalue weighted by molar-refractivity contribution is 7.07. The van der Waals surface area contributed by atoms with Gasteiger partial charge in [0.1, 0.15) is 0 Å². The van der Waals surface area contributed by atoms with Crippen LogP contribution in [0.15, 0.2) is 34.4 Å². The van der Waals surface area contributed by atoms with Gasteiger partial charge in [-0.25, -0.2) is 0 Å². The van der Waals surface area contributed by atoms with E-state index >= 15 is 0 Å². The molecule has 0 aliphatic carbocycles. The Balaban J connectivity index is 2.89. The summed E-state index contributed by atoms with van der Waals surface area (Å²) in [4.78, 5) is 11.3. The molecular weight excluding hydrogens is 225 g/mol. The Morgan fingerprint density at radius 1 is 1.07 bits per heavy atom. The molecule has 0 atom stereocenters. The van der Waals surface area contributed by atoms with E-state index in [1.807, 2.05) is 0 Å². The minimum absolute atomic E-state index is 0.0336. The summed E-state index contributed by atoms with van der Waals surface area (Å²) in [6.07, 6.45) is -4.42. The highest BCUT2D eigenvalue weighted by Gasteiger charge is 2.32. The molecule has 0 spiro atoms. The average Bonchev–Trinajstić information content (AvgIpc) is 2.16. The van der Waals surface area contributed by atoms with Gasteiger partial charge in [0.25, 0.3) is 0 Å². The van der Waals surface area contributed by atoms with Crippen molar-refractivity contribution in [3.8, 4) is 0 Å². The average molecular weight is 230 g/mol. The van der Waals surface area contributed by atoms with E-state index in [0.717, 1.165) is 17.4 Å². The summed E-state index contributed by atoms with van der Waals surface area (Å²) in [5, 5.41) is 1.46. The third-order valence-corrected chi connectivity index (χ3v) is 2.75. The molecular formula is C10H5F3OS. The fraction of sp³-hybridized carbons (Fsp3) is 0.100. The molecule has 1 aromatic heterocycles. The first-order chi connectivity index (χ1) is 7.00. The molecule has 5 heteroatoms. The Hall–Kier alpha value is -1.36. The van der Waals surface area contributed by atoms with E-state index in [0.29, 0.717) is 0 Å². The topological polar surface area (TPSA) is 17.1 Å². The second kappa shape index (κ2) is 3.34. The van der Waals surface area contributed by atoms with Crippen molar-refractivity contribution in [2.24, 2.45) is 0 Å². The van der Waals surface area contributed by atoms with E-state index in [2.05, 4.69) is 0 Å². The van der Waals surface area contributed by atoms with Crippen LogP contribution in [0, 0.1) is 0 Å². The Morgan fingerprint density at radius 3 is 2.47 bits per heavy atom. The third kappa shape index (κ3) is 1.74. The molecule has 0 bridgehead atoms. The quantitative estimate of drug-likeness (QED) is 0.678. The van der Waals surface area contributed by atoms with Crippen molar-refractivity contribution in [3.63, 3.8) is 0 Å². The predicted octanol–water partition coefficient (Wildman–Crippen LogP) is 3.28. The Labute approximate surface area is 86.8 Å². The molecule has 0 aliphatic heterocycles. The van der Waals surface area contributed by atoms with Gasteiger partial charge < -0.3 is 0 Å². The van der Waals surface area contributed by atoms with E-state index in [9.17, 15) is 18.0 Å². The molecule has 0 saturated heterocycles. The number of benzene rings is 1. The number of fused-ring (bicyclic) bond motifs is 1. The lowest BCUT2D eigenvalue weighted by atomic mass is 10.1. The van der Waals surface area contributed by atoms with Crippen LogP contribution in [0.1, 0.15) is 5.56 Å². The van der Waals surface area contributed by atoms with Crippen molar-refractivity contribution >= 4 is 22.1 Å². The van der Waals surface area contributed by atoms with E-state index in [1.54, 1.807) is 0 Å². The Bertz CT molecular complexity index is 556. The van der Waals surface area contributed by atoms with Crippen molar-refractivity contribution in [2.75, 3.05) is 0 Å². The summed E-state index contributed by atoms with van der Waals surface area (Å²) < 4.78 is 37.3. The molecule has 2 aromatic rings. The maximum Gasteiger partial charge on any atom is 0.417 e. The van der Waals surface area contributed by atoms with E-state index < -0.39 is 11.7 Å². The fourth-order valence-corrected chi connectivity index (χ4v) is 2.03. The van der Waals surface area contributed by atoms with Gasteiger partial charge in [0.2, 0.25) is 4.74 Å². The second-order valence-electron chi connectivity index (χ2n) is 2.97. The first-order valence-electron chi connectivity index (χ1n) is 4.08. The highest BCUT2D eigenvalue weighted by atomic mass is 32.1. The van der Waals surface area contributed by atoms with Gasteiger partial charge >= 0.3 is 6.18 Å². The minimum atomic E-state index is -4.42. The molecule has 0 N–H and O–H groups in total. The first-order valence-corrected chi connectivity index (χ1v) is 4.96. The van der Waals surface area contributed by atoms with Gasteiger partial charge in [-0.2, -0.15) is 13.2 Å². The van der Waals surface area contributed by atoms with Crippen LogP contribution < -0.4 is 4.74 Å². The molecule has 0 radical (unpaired) electrons. The van der Waals surface area contributed by atoms with Gasteiger partial charge in [0, 0.05) is 5.39 Å². The Morgan fingerprint density at radius 2 is 1.80 bits per heavy atom. The number of hydrogen-bond acceptors (Lipinski definition) is 2. The molecule has 1 nitrogen and oxygen atoms in total. The second-order valence-corrected chi connectivity index (χ2v) is 3.85. The molecule has 0 fully saturated rings. The van der Waals surface area contributed by atoms with Crippen LogP contribution in [0.2, 0.25) is 0 Å². The summed E-state index contributed by atoms with van der Waals surface area (Å²) >= 11 is 0.893. The van der Waals surface area contributed by atoms with Crippen LogP contribution in [0.4, 0.5) is 13.2 Å². The van der Waals surface area contributed by atoms with Crippen molar-refractivity contribution < 1.29 is 13.2 Å². The zero-order chi connectivity index (χ0) is 11.1. The maximum absolute atomic E-state index is 12.6. The van der Waals surface area contributed by atoms with Crippen molar-refractivity contribution in [3.05, 3.63) is 44.7 Å². The summed E-state index contributed by atoms with van der Waals surface area (Å²) in [5.41, 5.74) is -0.759. The largest absolute Gasteiger partial charge is 0.417 e. The smallest absolute Gasteiger partial charge is 0.277 e. The van der Waals surface area contributed by atoms with Crippen molar-refractivity contribution in [1.29, 1.82) is 0 Å². The Kier molecular flexibility index (Phi) is 2.26. The minimum Gasteiger partial charge on any atom is -0.277 e. The third-order valence-electron chi connectivity index (χ3n) is 2.04. The molecule has 78 valence electrons. The van der Waals surface area contributed by atoms with Crippen LogP contribution in [-0.2, 0) is 6.18 Å². The zero-order valence-corrected chi connectivity index (χ0v) is 8.15. The predicted molar refractivity (Wildman–Crippen MR) is 53.1 cm³/mol. The maximum atomic E-state index is 12.6. The molecule has 2 rings (SSSR count). The van der Waals surface area contributed by atoms with Crippen molar-refractivity contribution in [1.82, 2.24) is 0 Å². The molecule has 0 unspecified atom stereocenters. The van der Waals surface area contributed by atoms with Gasteiger partial charge in [0.05, 0.1) is 5.56 Å². The summed E-state index contributed by atoms with van der Waals surface area (Å²) in [7, 11) is 0. The lowest BCUT2D eigenvalue weighted by Gasteiger charge is -2.08. The number of halogens is 3. The highest BCUT2D eigenvalue weighted by Crippen LogP contribution is 2.33. The molecule has 1 heterocycles. The molecule has 0 aliphatic rings. The van der Waals surface area contributed by atoms with Crippen molar-refractivity contribution in [2.45, 2.75) is 6.18 Å². The van der Waals surface area contributed by atoms with Crippen LogP contribution in [0.25, 0.3) is 10.8 Å². The molecule has 0 amide bonds. The van der Waals surface area contributed by atoms with Crippen LogP contribution in [-0.4, -0.2) is 0 Å². The van der Waals surface area contributed by atoms with Gasteiger partial charge in [-0.3, -0.25) is 4.79 Å². The van der Waals surface area contributed by atoms with E-state index in [-0.39, 0.29) is 15.5 Å². The monoisotopic (exact) mass is 230 g/mol. The zero-order valence-electron chi connectivity index (χ0n) is 7.34. The lowest BCUT2D eigenvalue weighted by molar-refractivity contribution is -0.136. The standard InChI is InChI=1S/C10H5F3OS/c11-10(12,13)8-3-1-2-7-6(8)4-5-15-9(7)14/h1-5H. The molecule has 15 heavy (non-hydrogen) atoms.